The largest absolute Gasteiger partial charge is 0.445 e. The predicted octanol–water partition coefficient (Wildman–Crippen LogP) is 6.26. The first kappa shape index (κ1) is 23.3. The van der Waals surface area contributed by atoms with Crippen LogP contribution in [0.3, 0.4) is 0 Å². The van der Waals surface area contributed by atoms with E-state index in [-0.39, 0.29) is 6.04 Å². The van der Waals surface area contributed by atoms with E-state index in [1.54, 1.807) is 24.6 Å². The summed E-state index contributed by atoms with van der Waals surface area (Å²) >= 11 is 0. The van der Waals surface area contributed by atoms with E-state index in [1.165, 1.54) is 17.7 Å². The molecule has 1 unspecified atom stereocenters. The second-order valence-corrected chi connectivity index (χ2v) is 7.95. The molecule has 0 amide bonds. The molecule has 2 heterocycles. The van der Waals surface area contributed by atoms with Gasteiger partial charge in [-0.2, -0.15) is 13.2 Å². The van der Waals surface area contributed by atoms with Crippen molar-refractivity contribution in [3.8, 4) is 0 Å². The van der Waals surface area contributed by atoms with Crippen LogP contribution in [0.5, 0.6) is 0 Å². The Bertz CT molecular complexity index is 1200. The van der Waals surface area contributed by atoms with Gasteiger partial charge in [0, 0.05) is 18.0 Å². The number of anilines is 1. The minimum Gasteiger partial charge on any atom is -0.445 e. The van der Waals surface area contributed by atoms with Gasteiger partial charge in [0.25, 0.3) is 0 Å². The first-order chi connectivity index (χ1) is 16.4. The Balaban J connectivity index is 1.25. The summed E-state index contributed by atoms with van der Waals surface area (Å²) in [5, 5.41) is 11.2. The topological polar surface area (TPSA) is 68.8 Å². The maximum absolute atomic E-state index is 12.6. The van der Waals surface area contributed by atoms with Crippen molar-refractivity contribution in [2.75, 3.05) is 5.32 Å². The van der Waals surface area contributed by atoms with E-state index >= 15 is 0 Å². The minimum atomic E-state index is -4.34. The van der Waals surface area contributed by atoms with E-state index in [0.717, 1.165) is 36.4 Å². The summed E-state index contributed by atoms with van der Waals surface area (Å²) in [7, 11) is 0. The van der Waals surface area contributed by atoms with Crippen molar-refractivity contribution in [2.45, 2.75) is 38.5 Å². The number of aromatic nitrogens is 4. The molecule has 0 spiro atoms. The standard InChI is InChI=1S/C25H24F3N5O/c1-18(33-15-14-30-32-33)2-3-19-6-11-22(12-7-19)29-16-23-17-34-24(31-23)13-8-20-4-9-21(10-5-20)25(26,27)28/h4-15,17-18,29H,2-3,16H2,1H3. The molecule has 34 heavy (non-hydrogen) atoms. The highest BCUT2D eigenvalue weighted by atomic mass is 19.4. The van der Waals surface area contributed by atoms with Gasteiger partial charge < -0.3 is 9.73 Å². The summed E-state index contributed by atoms with van der Waals surface area (Å²) in [5.41, 5.74) is 2.88. The van der Waals surface area contributed by atoms with Crippen LogP contribution in [0.4, 0.5) is 18.9 Å². The van der Waals surface area contributed by atoms with Crippen molar-refractivity contribution in [2.24, 2.45) is 0 Å². The Labute approximate surface area is 195 Å². The Morgan fingerprint density at radius 3 is 2.50 bits per heavy atom. The number of hydrogen-bond donors (Lipinski definition) is 1. The number of benzene rings is 2. The lowest BCUT2D eigenvalue weighted by molar-refractivity contribution is -0.137. The monoisotopic (exact) mass is 467 g/mol. The van der Waals surface area contributed by atoms with Gasteiger partial charge in [0.05, 0.1) is 30.0 Å². The third-order valence-electron chi connectivity index (χ3n) is 5.40. The molecular weight excluding hydrogens is 443 g/mol. The quantitative estimate of drug-likeness (QED) is 0.315. The molecule has 0 aliphatic heterocycles. The summed E-state index contributed by atoms with van der Waals surface area (Å²) in [6.07, 6.45) is 5.97. The van der Waals surface area contributed by atoms with Gasteiger partial charge in [-0.3, -0.25) is 0 Å². The van der Waals surface area contributed by atoms with Crippen LogP contribution in [-0.2, 0) is 19.1 Å². The second-order valence-electron chi connectivity index (χ2n) is 7.95. The van der Waals surface area contributed by atoms with Crippen molar-refractivity contribution >= 4 is 17.8 Å². The maximum atomic E-state index is 12.6. The molecule has 176 valence electrons. The lowest BCUT2D eigenvalue weighted by Crippen LogP contribution is -2.07. The molecule has 0 aliphatic carbocycles. The van der Waals surface area contributed by atoms with Crippen LogP contribution < -0.4 is 5.32 Å². The van der Waals surface area contributed by atoms with E-state index in [1.807, 2.05) is 23.0 Å². The smallest absolute Gasteiger partial charge is 0.416 e. The average molecular weight is 467 g/mol. The molecule has 1 atom stereocenters. The normalized spacial score (nSPS) is 12.8. The Morgan fingerprint density at radius 2 is 1.82 bits per heavy atom. The lowest BCUT2D eigenvalue weighted by Gasteiger charge is -2.11. The maximum Gasteiger partial charge on any atom is 0.416 e. The molecule has 0 radical (unpaired) electrons. The summed E-state index contributed by atoms with van der Waals surface area (Å²) in [6, 6.07) is 13.4. The molecule has 6 nitrogen and oxygen atoms in total. The van der Waals surface area contributed by atoms with Crippen LogP contribution in [0.25, 0.3) is 12.2 Å². The summed E-state index contributed by atoms with van der Waals surface area (Å²) < 4.78 is 45.2. The molecule has 0 aliphatic rings. The molecular formula is C25H24F3N5O. The van der Waals surface area contributed by atoms with Crippen LogP contribution >= 0.6 is 0 Å². The SMILES string of the molecule is CC(CCc1ccc(NCc2coc(C=Cc3ccc(C(F)(F)F)cc3)n2)cc1)n1ccnn1. The van der Waals surface area contributed by atoms with Gasteiger partial charge in [-0.15, -0.1) is 5.10 Å². The number of aryl methyl sites for hydroxylation is 1. The zero-order valence-corrected chi connectivity index (χ0v) is 18.5. The molecule has 2 aromatic carbocycles. The summed E-state index contributed by atoms with van der Waals surface area (Å²) in [6.45, 7) is 2.61. The zero-order valence-electron chi connectivity index (χ0n) is 18.5. The third-order valence-corrected chi connectivity index (χ3v) is 5.40. The van der Waals surface area contributed by atoms with E-state index < -0.39 is 11.7 Å². The molecule has 1 N–H and O–H groups in total. The molecule has 2 aromatic heterocycles. The van der Waals surface area contributed by atoms with Crippen molar-refractivity contribution in [1.29, 1.82) is 0 Å². The van der Waals surface area contributed by atoms with E-state index in [2.05, 4.69) is 39.7 Å². The predicted molar refractivity (Wildman–Crippen MR) is 124 cm³/mol. The molecule has 0 saturated heterocycles. The fourth-order valence-electron chi connectivity index (χ4n) is 3.37. The number of nitrogens with zero attached hydrogens (tertiary/aromatic N) is 4. The highest BCUT2D eigenvalue weighted by Gasteiger charge is 2.29. The van der Waals surface area contributed by atoms with Crippen LogP contribution in [0.2, 0.25) is 0 Å². The first-order valence-electron chi connectivity index (χ1n) is 10.9. The van der Waals surface area contributed by atoms with E-state index in [9.17, 15) is 13.2 Å². The number of halogens is 3. The number of hydrogen-bond acceptors (Lipinski definition) is 5. The zero-order chi connectivity index (χ0) is 24.0. The van der Waals surface area contributed by atoms with Gasteiger partial charge in [-0.25, -0.2) is 9.67 Å². The average Bonchev–Trinajstić information content (AvgIpc) is 3.53. The van der Waals surface area contributed by atoms with Gasteiger partial charge in [-0.1, -0.05) is 29.5 Å². The molecule has 0 saturated carbocycles. The van der Waals surface area contributed by atoms with Gasteiger partial charge in [0.1, 0.15) is 6.26 Å². The molecule has 0 bridgehead atoms. The summed E-state index contributed by atoms with van der Waals surface area (Å²) in [5.74, 6) is 0.383. The van der Waals surface area contributed by atoms with Crippen LogP contribution in [0.15, 0.2) is 71.6 Å². The van der Waals surface area contributed by atoms with Gasteiger partial charge >= 0.3 is 6.18 Å². The van der Waals surface area contributed by atoms with Crippen LogP contribution in [0, 0.1) is 0 Å². The van der Waals surface area contributed by atoms with Gasteiger partial charge in [0.2, 0.25) is 5.89 Å². The fraction of sp³-hybridized carbons (Fsp3) is 0.240. The van der Waals surface area contributed by atoms with Crippen LogP contribution in [0.1, 0.15) is 47.7 Å². The van der Waals surface area contributed by atoms with Crippen molar-refractivity contribution in [3.63, 3.8) is 0 Å². The van der Waals surface area contributed by atoms with Crippen molar-refractivity contribution in [3.05, 3.63) is 95.5 Å². The van der Waals surface area contributed by atoms with Gasteiger partial charge in [0.15, 0.2) is 0 Å². The Kier molecular flexibility index (Phi) is 7.10. The third kappa shape index (κ3) is 6.34. The Hall–Kier alpha value is -3.88. The van der Waals surface area contributed by atoms with Crippen LogP contribution in [-0.4, -0.2) is 20.0 Å². The van der Waals surface area contributed by atoms with Gasteiger partial charge in [-0.05, 0) is 61.2 Å². The number of alkyl halides is 3. The highest BCUT2D eigenvalue weighted by molar-refractivity contribution is 5.66. The molecule has 4 aromatic rings. The lowest BCUT2D eigenvalue weighted by atomic mass is 10.1. The highest BCUT2D eigenvalue weighted by Crippen LogP contribution is 2.29. The van der Waals surface area contributed by atoms with Crippen molar-refractivity contribution in [1.82, 2.24) is 20.0 Å². The molecule has 4 rings (SSSR count). The first-order valence-corrected chi connectivity index (χ1v) is 10.9. The minimum absolute atomic E-state index is 0.287. The fourth-order valence-corrected chi connectivity index (χ4v) is 3.37. The van der Waals surface area contributed by atoms with E-state index in [0.29, 0.717) is 18.0 Å². The van der Waals surface area contributed by atoms with E-state index in [4.69, 9.17) is 4.42 Å². The number of nitrogens with one attached hydrogen (secondary N) is 1. The number of oxazole rings is 1. The molecule has 9 heteroatoms. The number of rotatable bonds is 9. The summed E-state index contributed by atoms with van der Waals surface area (Å²) in [4.78, 5) is 4.38. The van der Waals surface area contributed by atoms with Crippen molar-refractivity contribution < 1.29 is 17.6 Å². The molecule has 0 fully saturated rings. The second kappa shape index (κ2) is 10.4. The Morgan fingerprint density at radius 1 is 1.06 bits per heavy atom.